The van der Waals surface area contributed by atoms with Gasteiger partial charge in [0.1, 0.15) is 23.6 Å². The summed E-state index contributed by atoms with van der Waals surface area (Å²) in [4.78, 5) is 88.5. The normalized spacial score (nSPS) is 15.7. The fraction of sp³-hybridized carbons (Fsp3) is 0.388. The van der Waals surface area contributed by atoms with E-state index in [1.54, 1.807) is 11.3 Å². The summed E-state index contributed by atoms with van der Waals surface area (Å²) < 4.78 is 2.94. The van der Waals surface area contributed by atoms with Gasteiger partial charge in [0.2, 0.25) is 17.7 Å². The third-order valence-electron chi connectivity index (χ3n) is 16.4. The number of β-amino-alcohol motifs (C(OH)–C–C–N with tert-alkyl or cyclic N) is 1. The highest BCUT2D eigenvalue weighted by Gasteiger charge is 2.45. The molecule has 2 aliphatic rings. The van der Waals surface area contributed by atoms with E-state index in [0.717, 1.165) is 98.4 Å². The number of para-hydroxylation sites is 1. The molecule has 0 unspecified atom stereocenters. The van der Waals surface area contributed by atoms with Crippen molar-refractivity contribution in [2.24, 2.45) is 5.41 Å². The molecular weight excluding hydrogens is 1120 g/mol. The molecule has 6 heterocycles. The number of thiazole rings is 2. The van der Waals surface area contributed by atoms with Crippen LogP contribution in [0.25, 0.3) is 31.8 Å². The van der Waals surface area contributed by atoms with Crippen LogP contribution >= 0.6 is 22.7 Å². The Morgan fingerprint density at radius 2 is 1.53 bits per heavy atom. The number of nitrogens with one attached hydrogen (secondary N) is 4. The number of carbonyl (C=O) groups is 5. The van der Waals surface area contributed by atoms with E-state index in [1.165, 1.54) is 16.2 Å². The van der Waals surface area contributed by atoms with Crippen molar-refractivity contribution < 1.29 is 29.1 Å². The zero-order valence-corrected chi connectivity index (χ0v) is 51.5. The maximum Gasteiger partial charge on any atom is 0.270 e. The van der Waals surface area contributed by atoms with Gasteiger partial charge in [-0.25, -0.2) is 15.0 Å². The van der Waals surface area contributed by atoms with Gasteiger partial charge in [0, 0.05) is 61.4 Å². The van der Waals surface area contributed by atoms with Crippen molar-refractivity contribution in [1.29, 1.82) is 0 Å². The second-order valence-electron chi connectivity index (χ2n) is 23.8. The van der Waals surface area contributed by atoms with Gasteiger partial charge in [0.05, 0.1) is 51.2 Å². The highest BCUT2D eigenvalue weighted by Crippen LogP contribution is 2.34. The third kappa shape index (κ3) is 14.6. The number of aliphatic hydroxyl groups is 1. The van der Waals surface area contributed by atoms with Crippen LogP contribution in [0.5, 0.6) is 0 Å². The molecule has 5 N–H and O–H groups in total. The summed E-state index contributed by atoms with van der Waals surface area (Å²) in [6, 6.07) is 33.6. The Labute approximate surface area is 511 Å². The summed E-state index contributed by atoms with van der Waals surface area (Å²) in [5.74, 6) is -0.803. The first-order chi connectivity index (χ1) is 41.5. The quantitative estimate of drug-likeness (QED) is 0.0380. The van der Waals surface area contributed by atoms with Crippen molar-refractivity contribution in [3.63, 3.8) is 0 Å². The first kappa shape index (κ1) is 61.0. The summed E-state index contributed by atoms with van der Waals surface area (Å²) >= 11 is 3.02. The van der Waals surface area contributed by atoms with E-state index < -0.39 is 23.6 Å². The zero-order chi connectivity index (χ0) is 60.5. The van der Waals surface area contributed by atoms with E-state index in [-0.39, 0.29) is 55.0 Å². The number of carbonyl (C=O) groups excluding carboxylic acids is 5. The van der Waals surface area contributed by atoms with E-state index in [4.69, 9.17) is 10.1 Å². The molecule has 0 saturated carbocycles. The van der Waals surface area contributed by atoms with Gasteiger partial charge in [0.25, 0.3) is 11.8 Å². The Morgan fingerprint density at radius 3 is 2.28 bits per heavy atom. The van der Waals surface area contributed by atoms with Crippen LogP contribution in [0.4, 0.5) is 10.9 Å². The molecule has 4 aromatic carbocycles. The van der Waals surface area contributed by atoms with Crippen LogP contribution in [0.15, 0.2) is 121 Å². The topological polar surface area (TPSA) is 217 Å². The third-order valence-corrected chi connectivity index (χ3v) is 18.4. The van der Waals surface area contributed by atoms with Crippen LogP contribution in [0, 0.1) is 19.3 Å². The summed E-state index contributed by atoms with van der Waals surface area (Å²) in [6.07, 6.45) is 8.09. The predicted molar refractivity (Wildman–Crippen MR) is 340 cm³/mol. The van der Waals surface area contributed by atoms with Crippen molar-refractivity contribution >= 4 is 73.4 Å². The molecule has 4 atom stereocenters. The number of hydrogen-bond acceptors (Lipinski definition) is 13. The van der Waals surface area contributed by atoms with Crippen LogP contribution in [0.1, 0.15) is 146 Å². The van der Waals surface area contributed by atoms with Gasteiger partial charge in [0.15, 0.2) is 5.13 Å². The Balaban J connectivity index is 0.700. The molecule has 448 valence electrons. The average molecular weight is 1200 g/mol. The number of likely N-dealkylation sites (tertiary alicyclic amines) is 1. The number of pyridine rings is 1. The largest absolute Gasteiger partial charge is 0.391 e. The standard InChI is InChI=1S/C67H77N11O6S2/c1-42(46-27-29-48(30-28-46)60-43(2)69-41-85-60)71-63(82)55-36-49(79)39-77(55)65(84)61(67(4,5)6)74-58(80)26-15-10-8-7-9-11-18-34-68-64(83)59-50(52-37-70-78(44(52)3)38-45-20-13-12-14-21-45)31-32-57(73-59)76-35-33-47-22-19-23-51(53(47)40-76)62(81)75-66-72-54-24-16-17-25-56(54)86-66/h12-14,16-17,19-25,27-32,37,41-42,49,55,61,79H,7-11,15,18,26,33-36,38-40H2,1-6H3,(H,68,83)(H,71,82)(H,74,80)(H,72,75,81)/t42-,49+,55-,61+/m0/s1. The lowest BCUT2D eigenvalue weighted by Crippen LogP contribution is -2.57. The van der Waals surface area contributed by atoms with Crippen LogP contribution in [-0.2, 0) is 33.9 Å². The fourth-order valence-corrected chi connectivity index (χ4v) is 13.2. The van der Waals surface area contributed by atoms with Crippen LogP contribution < -0.4 is 26.2 Å². The number of anilines is 2. The SMILES string of the molecule is Cc1ncsc1-c1ccc([C@H](C)NC(=O)[C@@H]2C[C@@H](O)CN2C(=O)[C@@H](NC(=O)CCCCCCCCCNC(=O)c2nc(N3CCc4cccc(C(=O)Nc5nc6ccccc6s5)c4C3)ccc2-c2cnn(Cc3ccccc3)c2C)C(C)(C)C)cc1. The fourth-order valence-electron chi connectivity index (χ4n) is 11.6. The number of hydrogen-bond donors (Lipinski definition) is 5. The van der Waals surface area contributed by atoms with Crippen molar-refractivity contribution in [2.45, 2.75) is 143 Å². The summed E-state index contributed by atoms with van der Waals surface area (Å²) in [5.41, 5.74) is 11.4. The van der Waals surface area contributed by atoms with Crippen molar-refractivity contribution in [3.8, 4) is 21.6 Å². The monoisotopic (exact) mass is 1200 g/mol. The Hall–Kier alpha value is -8.13. The second kappa shape index (κ2) is 27.5. The highest BCUT2D eigenvalue weighted by atomic mass is 32.1. The van der Waals surface area contributed by atoms with E-state index in [1.807, 2.05) is 149 Å². The molecule has 5 amide bonds. The van der Waals surface area contributed by atoms with Gasteiger partial charge in [-0.2, -0.15) is 5.10 Å². The average Bonchev–Trinajstić information content (AvgIpc) is 2.28. The number of nitrogens with zero attached hydrogens (tertiary/aromatic N) is 7. The van der Waals surface area contributed by atoms with Crippen molar-refractivity contribution in [3.05, 3.63) is 166 Å². The van der Waals surface area contributed by atoms with Crippen LogP contribution in [0.3, 0.4) is 0 Å². The Kier molecular flexibility index (Phi) is 19.5. The molecule has 0 spiro atoms. The lowest BCUT2D eigenvalue weighted by Gasteiger charge is -2.35. The molecule has 0 bridgehead atoms. The summed E-state index contributed by atoms with van der Waals surface area (Å²) in [6.45, 7) is 13.7. The minimum Gasteiger partial charge on any atom is -0.391 e. The number of aliphatic hydroxyl groups excluding tert-OH is 1. The molecular formula is C67H77N11O6S2. The molecule has 0 aliphatic carbocycles. The Bertz CT molecular complexity index is 3670. The predicted octanol–water partition coefficient (Wildman–Crippen LogP) is 11.4. The molecule has 17 nitrogen and oxygen atoms in total. The minimum absolute atomic E-state index is 0.00622. The molecule has 10 rings (SSSR count). The van der Waals surface area contributed by atoms with Gasteiger partial charge in [-0.1, -0.05) is 143 Å². The van der Waals surface area contributed by atoms with Gasteiger partial charge >= 0.3 is 0 Å². The van der Waals surface area contributed by atoms with Gasteiger partial charge in [-0.3, -0.25) is 34.0 Å². The molecule has 19 heteroatoms. The number of benzene rings is 4. The number of aryl methyl sites for hydroxylation is 1. The van der Waals surface area contributed by atoms with E-state index >= 15 is 0 Å². The first-order valence-electron chi connectivity index (χ1n) is 30.0. The van der Waals surface area contributed by atoms with Gasteiger partial charge < -0.3 is 30.9 Å². The van der Waals surface area contributed by atoms with E-state index in [0.29, 0.717) is 66.8 Å². The number of fused-ring (bicyclic) bond motifs is 2. The maximum atomic E-state index is 14.4. The lowest BCUT2D eigenvalue weighted by atomic mass is 9.85. The summed E-state index contributed by atoms with van der Waals surface area (Å²) in [5, 5.41) is 28.3. The smallest absolute Gasteiger partial charge is 0.270 e. The number of aromatic nitrogens is 5. The van der Waals surface area contributed by atoms with Crippen molar-refractivity contribution in [1.82, 2.24) is 45.6 Å². The molecule has 2 aliphatic heterocycles. The highest BCUT2D eigenvalue weighted by molar-refractivity contribution is 7.22. The molecule has 86 heavy (non-hydrogen) atoms. The van der Waals surface area contributed by atoms with Gasteiger partial charge in [-0.15, -0.1) is 11.3 Å². The molecule has 4 aromatic heterocycles. The van der Waals surface area contributed by atoms with Crippen molar-refractivity contribution in [2.75, 3.05) is 29.9 Å². The first-order valence-corrected chi connectivity index (χ1v) is 31.7. The second-order valence-corrected chi connectivity index (χ2v) is 25.7. The Morgan fingerprint density at radius 1 is 0.791 bits per heavy atom. The molecule has 1 fully saturated rings. The molecule has 8 aromatic rings. The zero-order valence-electron chi connectivity index (χ0n) is 49.9. The number of amides is 5. The maximum absolute atomic E-state index is 14.4. The van der Waals surface area contributed by atoms with E-state index in [9.17, 15) is 29.1 Å². The minimum atomic E-state index is -0.893. The number of rotatable bonds is 23. The molecule has 0 radical (unpaired) electrons. The summed E-state index contributed by atoms with van der Waals surface area (Å²) in [7, 11) is 0. The van der Waals surface area contributed by atoms with Crippen LogP contribution in [-0.4, -0.2) is 102 Å². The van der Waals surface area contributed by atoms with Crippen LogP contribution in [0.2, 0.25) is 0 Å². The molecule has 1 saturated heterocycles. The van der Waals surface area contributed by atoms with E-state index in [2.05, 4.69) is 54.3 Å². The number of unbranched alkanes of at least 4 members (excludes halogenated alkanes) is 6. The van der Waals surface area contributed by atoms with Gasteiger partial charge in [-0.05, 0) is 104 Å². The lowest BCUT2D eigenvalue weighted by molar-refractivity contribution is -0.144.